The minimum atomic E-state index is -0.495. The van der Waals surface area contributed by atoms with Crippen LogP contribution >= 0.6 is 11.6 Å². The smallest absolute Gasteiger partial charge is 0.262 e. The fraction of sp³-hybridized carbons (Fsp3) is 0.0909. The van der Waals surface area contributed by atoms with E-state index < -0.39 is 4.92 Å². The summed E-state index contributed by atoms with van der Waals surface area (Å²) in [4.78, 5) is 18.3. The Hall–Kier alpha value is -2.01. The summed E-state index contributed by atoms with van der Waals surface area (Å²) in [6, 6.07) is 6.14. The fourth-order valence-corrected chi connectivity index (χ4v) is 1.64. The van der Waals surface area contributed by atoms with Crippen molar-refractivity contribution in [3.05, 3.63) is 51.4 Å². The van der Waals surface area contributed by atoms with Crippen molar-refractivity contribution in [2.75, 3.05) is 0 Å². The Morgan fingerprint density at radius 1 is 1.35 bits per heavy atom. The molecule has 0 saturated heterocycles. The monoisotopic (exact) mass is 249 g/mol. The van der Waals surface area contributed by atoms with Crippen LogP contribution in [0.4, 0.5) is 5.69 Å². The van der Waals surface area contributed by atoms with Gasteiger partial charge in [-0.3, -0.25) is 15.1 Å². The lowest BCUT2D eigenvalue weighted by atomic mass is 10.1. The van der Waals surface area contributed by atoms with Crippen molar-refractivity contribution in [1.82, 2.24) is 9.97 Å². The number of hydrogen-bond acceptors (Lipinski definition) is 4. The highest BCUT2D eigenvalue weighted by atomic mass is 35.5. The van der Waals surface area contributed by atoms with Crippen LogP contribution in [0.1, 0.15) is 5.69 Å². The van der Waals surface area contributed by atoms with Crippen molar-refractivity contribution >= 4 is 17.3 Å². The van der Waals surface area contributed by atoms with Gasteiger partial charge in [0.2, 0.25) is 0 Å². The molecule has 0 atom stereocenters. The molecule has 0 aromatic carbocycles. The molecule has 2 heterocycles. The van der Waals surface area contributed by atoms with Gasteiger partial charge < -0.3 is 0 Å². The summed E-state index contributed by atoms with van der Waals surface area (Å²) >= 11 is 5.75. The molecule has 0 saturated carbocycles. The summed E-state index contributed by atoms with van der Waals surface area (Å²) in [5.41, 5.74) is 1.96. The lowest BCUT2D eigenvalue weighted by molar-refractivity contribution is -0.384. The van der Waals surface area contributed by atoms with Gasteiger partial charge in [-0.25, -0.2) is 4.98 Å². The molecule has 0 amide bonds. The molecule has 0 aliphatic heterocycles. The number of hydrogen-bond donors (Lipinski definition) is 0. The molecule has 0 fully saturated rings. The molecule has 6 heteroatoms. The molecule has 0 unspecified atom stereocenters. The molecule has 0 spiro atoms. The van der Waals surface area contributed by atoms with E-state index in [1.54, 1.807) is 18.3 Å². The average molecular weight is 250 g/mol. The first-order valence-electron chi connectivity index (χ1n) is 4.81. The van der Waals surface area contributed by atoms with Crippen LogP contribution in [0.2, 0.25) is 5.15 Å². The second-order valence-corrected chi connectivity index (χ2v) is 3.86. The van der Waals surface area contributed by atoms with Crippen LogP contribution < -0.4 is 0 Å². The van der Waals surface area contributed by atoms with Gasteiger partial charge in [0.1, 0.15) is 5.15 Å². The van der Waals surface area contributed by atoms with Crippen LogP contribution in [0, 0.1) is 17.0 Å². The predicted octanol–water partition coefficient (Wildman–Crippen LogP) is 3.01. The number of aryl methyl sites for hydroxylation is 1. The number of pyridine rings is 2. The summed E-state index contributed by atoms with van der Waals surface area (Å²) in [6.45, 7) is 1.84. The summed E-state index contributed by atoms with van der Waals surface area (Å²) in [7, 11) is 0. The van der Waals surface area contributed by atoms with Crippen LogP contribution in [0.25, 0.3) is 11.3 Å². The molecule has 2 aromatic heterocycles. The molecule has 0 aliphatic rings. The van der Waals surface area contributed by atoms with Crippen molar-refractivity contribution in [2.45, 2.75) is 6.92 Å². The molecular weight excluding hydrogens is 242 g/mol. The maximum absolute atomic E-state index is 10.7. The van der Waals surface area contributed by atoms with Gasteiger partial charge in [-0.2, -0.15) is 0 Å². The van der Waals surface area contributed by atoms with Crippen molar-refractivity contribution in [1.29, 1.82) is 0 Å². The largest absolute Gasteiger partial charge is 0.274 e. The Morgan fingerprint density at radius 2 is 2.12 bits per heavy atom. The average Bonchev–Trinajstić information content (AvgIpc) is 2.28. The SMILES string of the molecule is Cc1cc(-c2cc([N+](=O)[O-])cc(Cl)n2)ccn1. The lowest BCUT2D eigenvalue weighted by Gasteiger charge is -2.02. The van der Waals surface area contributed by atoms with Gasteiger partial charge in [-0.05, 0) is 19.1 Å². The molecular formula is C11H8ClN3O2. The van der Waals surface area contributed by atoms with Gasteiger partial charge in [0.05, 0.1) is 16.7 Å². The number of nitro groups is 1. The molecule has 0 radical (unpaired) electrons. The van der Waals surface area contributed by atoms with E-state index in [2.05, 4.69) is 9.97 Å². The van der Waals surface area contributed by atoms with Gasteiger partial charge in [-0.1, -0.05) is 11.6 Å². The van der Waals surface area contributed by atoms with E-state index in [9.17, 15) is 10.1 Å². The molecule has 2 aromatic rings. The van der Waals surface area contributed by atoms with E-state index in [0.717, 1.165) is 11.3 Å². The summed E-state index contributed by atoms with van der Waals surface area (Å²) in [6.07, 6.45) is 1.62. The molecule has 0 N–H and O–H groups in total. The Bertz CT molecular complexity index is 587. The second-order valence-electron chi connectivity index (χ2n) is 3.48. The number of nitrogens with zero attached hydrogens (tertiary/aromatic N) is 3. The van der Waals surface area contributed by atoms with Crippen LogP contribution in [0.15, 0.2) is 30.5 Å². The zero-order chi connectivity index (χ0) is 12.4. The Labute approximate surface area is 102 Å². The number of rotatable bonds is 2. The summed E-state index contributed by atoms with van der Waals surface area (Å²) in [5, 5.41) is 10.8. The predicted molar refractivity (Wildman–Crippen MR) is 63.9 cm³/mol. The number of halogens is 1. The highest BCUT2D eigenvalue weighted by Gasteiger charge is 2.11. The van der Waals surface area contributed by atoms with Gasteiger partial charge in [0, 0.05) is 23.5 Å². The van der Waals surface area contributed by atoms with Gasteiger partial charge in [0.15, 0.2) is 0 Å². The van der Waals surface area contributed by atoms with Gasteiger partial charge in [0.25, 0.3) is 5.69 Å². The summed E-state index contributed by atoms with van der Waals surface area (Å²) < 4.78 is 0. The highest BCUT2D eigenvalue weighted by Crippen LogP contribution is 2.25. The minimum Gasteiger partial charge on any atom is -0.262 e. The van der Waals surface area contributed by atoms with Gasteiger partial charge >= 0.3 is 0 Å². The van der Waals surface area contributed by atoms with E-state index in [-0.39, 0.29) is 10.8 Å². The first-order valence-corrected chi connectivity index (χ1v) is 5.19. The van der Waals surface area contributed by atoms with Crippen molar-refractivity contribution in [3.8, 4) is 11.3 Å². The quantitative estimate of drug-likeness (QED) is 0.466. The van der Waals surface area contributed by atoms with Crippen molar-refractivity contribution in [2.24, 2.45) is 0 Å². The Balaban J connectivity index is 2.56. The van der Waals surface area contributed by atoms with E-state index >= 15 is 0 Å². The molecule has 0 bridgehead atoms. The Morgan fingerprint density at radius 3 is 2.76 bits per heavy atom. The maximum atomic E-state index is 10.7. The van der Waals surface area contributed by atoms with Gasteiger partial charge in [-0.15, -0.1) is 0 Å². The standard InChI is InChI=1S/C11H8ClN3O2/c1-7-4-8(2-3-13-7)10-5-9(15(16)17)6-11(12)14-10/h2-6H,1H3. The van der Waals surface area contributed by atoms with Crippen LogP contribution in [0.5, 0.6) is 0 Å². The zero-order valence-corrected chi connectivity index (χ0v) is 9.68. The normalized spacial score (nSPS) is 10.2. The Kier molecular flexibility index (Phi) is 3.01. The lowest BCUT2D eigenvalue weighted by Crippen LogP contribution is -1.92. The van der Waals surface area contributed by atoms with E-state index in [0.29, 0.717) is 5.69 Å². The van der Waals surface area contributed by atoms with Crippen LogP contribution in [0.3, 0.4) is 0 Å². The van der Waals surface area contributed by atoms with Crippen LogP contribution in [-0.4, -0.2) is 14.9 Å². The van der Waals surface area contributed by atoms with E-state index in [4.69, 9.17) is 11.6 Å². The first-order chi connectivity index (χ1) is 8.06. The molecule has 0 aliphatic carbocycles. The first kappa shape index (κ1) is 11.5. The van der Waals surface area contributed by atoms with Crippen molar-refractivity contribution in [3.63, 3.8) is 0 Å². The third-order valence-corrected chi connectivity index (χ3v) is 2.38. The van der Waals surface area contributed by atoms with Crippen LogP contribution in [-0.2, 0) is 0 Å². The second kappa shape index (κ2) is 4.47. The van der Waals surface area contributed by atoms with Crippen molar-refractivity contribution < 1.29 is 4.92 Å². The van der Waals surface area contributed by atoms with E-state index in [1.807, 2.05) is 6.92 Å². The number of aromatic nitrogens is 2. The third kappa shape index (κ3) is 2.57. The summed E-state index contributed by atoms with van der Waals surface area (Å²) in [5.74, 6) is 0. The maximum Gasteiger partial charge on any atom is 0.274 e. The molecule has 17 heavy (non-hydrogen) atoms. The fourth-order valence-electron chi connectivity index (χ4n) is 1.44. The van der Waals surface area contributed by atoms with E-state index in [1.165, 1.54) is 12.1 Å². The molecule has 2 rings (SSSR count). The highest BCUT2D eigenvalue weighted by molar-refractivity contribution is 6.29. The third-order valence-electron chi connectivity index (χ3n) is 2.18. The molecule has 5 nitrogen and oxygen atoms in total. The molecule has 86 valence electrons. The zero-order valence-electron chi connectivity index (χ0n) is 8.92. The minimum absolute atomic E-state index is 0.0746. The topological polar surface area (TPSA) is 68.9 Å².